The summed E-state index contributed by atoms with van der Waals surface area (Å²) in [6.45, 7) is 0. The quantitative estimate of drug-likeness (QED) is 0.215. The van der Waals surface area contributed by atoms with Crippen LogP contribution in [0.2, 0.25) is 0 Å². The Morgan fingerprint density at radius 1 is 0.714 bits per heavy atom. The second kappa shape index (κ2) is 67.8. The number of hydrogen-bond acceptors (Lipinski definition) is 0. The molecule has 1 radical (unpaired) electrons. The Morgan fingerprint density at radius 3 is 0.714 bits per heavy atom. The fourth-order valence-electron chi connectivity index (χ4n) is 0. The Labute approximate surface area is 49.8 Å². The molecule has 0 rings (SSSR count). The van der Waals surface area contributed by atoms with Crippen LogP contribution >= 0.6 is 0 Å². The first-order valence-electron chi connectivity index (χ1n) is 0.800. The molecule has 0 spiro atoms. The molecular formula is CuN6. The fraction of sp³-hybridized carbons (Fsp3) is 0. The molecule has 0 fully saturated rings. The van der Waals surface area contributed by atoms with Crippen molar-refractivity contribution in [2.75, 3.05) is 0 Å². The molecule has 0 aromatic heterocycles. The van der Waals surface area contributed by atoms with Crippen molar-refractivity contribution in [1.82, 2.24) is 0 Å². The van der Waals surface area contributed by atoms with Gasteiger partial charge in [-0.3, -0.25) is 9.82 Å². The second-order valence-corrected chi connectivity index (χ2v) is 0.179. The van der Waals surface area contributed by atoms with Gasteiger partial charge < -0.3 is 22.1 Å². The molecule has 0 amide bonds. The summed E-state index contributed by atoms with van der Waals surface area (Å²) in [6.07, 6.45) is 0. The van der Waals surface area contributed by atoms with Gasteiger partial charge in [-0.25, -0.2) is 0 Å². The van der Waals surface area contributed by atoms with Gasteiger partial charge in [-0.2, -0.15) is 0 Å². The van der Waals surface area contributed by atoms with E-state index < -0.39 is 0 Å². The predicted octanol–water partition coefficient (Wildman–Crippen LogP) is 1.73. The standard InChI is InChI=1S/Cu.2N3/c;2*1-3-2/q+2;2*-1. The van der Waals surface area contributed by atoms with Crippen molar-refractivity contribution < 1.29 is 17.1 Å². The second-order valence-electron chi connectivity index (χ2n) is 0.179. The number of nitrogens with zero attached hydrogens (tertiary/aromatic N) is 6. The van der Waals surface area contributed by atoms with E-state index in [9.17, 15) is 0 Å². The van der Waals surface area contributed by atoms with Gasteiger partial charge in [0.25, 0.3) is 0 Å². The van der Waals surface area contributed by atoms with Crippen molar-refractivity contribution in [1.29, 1.82) is 0 Å². The van der Waals surface area contributed by atoms with Gasteiger partial charge in [0.15, 0.2) is 0 Å². The maximum atomic E-state index is 6.75. The van der Waals surface area contributed by atoms with Crippen LogP contribution < -0.4 is 0 Å². The van der Waals surface area contributed by atoms with Crippen LogP contribution in [-0.4, -0.2) is 0 Å². The Hall–Kier alpha value is -0.861. The molecule has 7 heteroatoms. The van der Waals surface area contributed by atoms with Crippen molar-refractivity contribution in [3.05, 3.63) is 31.9 Å². The Kier molecular flexibility index (Phi) is 159. The molecule has 7 heavy (non-hydrogen) atoms. The van der Waals surface area contributed by atoms with Gasteiger partial charge in [-0.1, -0.05) is 0 Å². The summed E-state index contributed by atoms with van der Waals surface area (Å²) in [5.74, 6) is 0. The molecule has 0 atom stereocenters. The SMILES string of the molecule is [Cu+2].[N-]=[N+]=[N-].[N-]=[N+]=[N-]. The Morgan fingerprint density at radius 2 is 0.714 bits per heavy atom. The predicted molar refractivity (Wildman–Crippen MR) is 20.2 cm³/mol. The average molecular weight is 148 g/mol. The molecule has 0 aliphatic rings. The minimum Gasteiger partial charge on any atom is -0.373 e. The van der Waals surface area contributed by atoms with E-state index in [4.69, 9.17) is 22.1 Å². The summed E-state index contributed by atoms with van der Waals surface area (Å²) in [5, 5.41) is 0. The maximum absolute atomic E-state index is 6.75. The molecule has 0 bridgehead atoms. The summed E-state index contributed by atoms with van der Waals surface area (Å²) in [7, 11) is 0. The zero-order valence-electron chi connectivity index (χ0n) is 2.98. The van der Waals surface area contributed by atoms with Crippen LogP contribution in [0.3, 0.4) is 0 Å². The summed E-state index contributed by atoms with van der Waals surface area (Å²) in [4.78, 5) is 3.00. The van der Waals surface area contributed by atoms with Crippen LogP contribution in [0.15, 0.2) is 0 Å². The Balaban J connectivity index is -0.0000000400. The molecule has 0 aliphatic carbocycles. The van der Waals surface area contributed by atoms with Crippen molar-refractivity contribution in [2.24, 2.45) is 0 Å². The molecule has 6 nitrogen and oxygen atoms in total. The molecule has 0 aromatic carbocycles. The summed E-state index contributed by atoms with van der Waals surface area (Å²) >= 11 is 0. The smallest absolute Gasteiger partial charge is 0.373 e. The van der Waals surface area contributed by atoms with Crippen molar-refractivity contribution >= 4 is 0 Å². The summed E-state index contributed by atoms with van der Waals surface area (Å²) < 4.78 is 0. The van der Waals surface area contributed by atoms with Crippen LogP contribution in [0, 0.1) is 0 Å². The zero-order chi connectivity index (χ0) is 5.41. The molecule has 0 unspecified atom stereocenters. The maximum Gasteiger partial charge on any atom is 2.00 e. The first-order chi connectivity index (χ1) is 2.83. The average Bonchev–Trinajstić information content (AvgIpc) is 1.39. The fourth-order valence-corrected chi connectivity index (χ4v) is 0. The van der Waals surface area contributed by atoms with Crippen molar-refractivity contribution in [3.63, 3.8) is 0 Å². The molecule has 0 N–H and O–H groups in total. The molecule has 0 saturated heterocycles. The number of hydrogen-bond donors (Lipinski definition) is 0. The molecule has 41 valence electrons. The van der Waals surface area contributed by atoms with Crippen LogP contribution in [0.25, 0.3) is 31.9 Å². The van der Waals surface area contributed by atoms with Crippen molar-refractivity contribution in [2.45, 2.75) is 0 Å². The summed E-state index contributed by atoms with van der Waals surface area (Å²) in [6, 6.07) is 0. The molecule has 0 aromatic rings. The van der Waals surface area contributed by atoms with E-state index in [1.807, 2.05) is 0 Å². The molecule has 0 saturated carbocycles. The third kappa shape index (κ3) is 68.4. The van der Waals surface area contributed by atoms with E-state index in [2.05, 4.69) is 0 Å². The Bertz CT molecular complexity index is 58.2. The summed E-state index contributed by atoms with van der Waals surface area (Å²) in [5.41, 5.74) is 27.0. The van der Waals surface area contributed by atoms with Gasteiger partial charge in [0.05, 0.1) is 0 Å². The van der Waals surface area contributed by atoms with E-state index in [1.165, 1.54) is 9.82 Å². The largest absolute Gasteiger partial charge is 2.00 e. The molecule has 0 heterocycles. The van der Waals surface area contributed by atoms with E-state index in [0.717, 1.165) is 0 Å². The normalized spacial score (nSPS) is 2.29. The third-order valence-corrected chi connectivity index (χ3v) is 0. The van der Waals surface area contributed by atoms with Gasteiger partial charge in [0, 0.05) is 0 Å². The van der Waals surface area contributed by atoms with Gasteiger partial charge in [0.1, 0.15) is 0 Å². The third-order valence-electron chi connectivity index (χ3n) is 0. The number of rotatable bonds is 0. The van der Waals surface area contributed by atoms with E-state index in [-0.39, 0.29) is 17.1 Å². The minimum atomic E-state index is 0. The van der Waals surface area contributed by atoms with Crippen LogP contribution in [0.4, 0.5) is 0 Å². The van der Waals surface area contributed by atoms with E-state index >= 15 is 0 Å². The van der Waals surface area contributed by atoms with Crippen LogP contribution in [0.1, 0.15) is 0 Å². The first-order valence-corrected chi connectivity index (χ1v) is 0.800. The van der Waals surface area contributed by atoms with E-state index in [0.29, 0.717) is 0 Å². The van der Waals surface area contributed by atoms with Gasteiger partial charge in [-0.15, -0.1) is 0 Å². The minimum absolute atomic E-state index is 0. The van der Waals surface area contributed by atoms with Gasteiger partial charge in [0.2, 0.25) is 0 Å². The van der Waals surface area contributed by atoms with Crippen LogP contribution in [-0.2, 0) is 17.1 Å². The van der Waals surface area contributed by atoms with Gasteiger partial charge >= 0.3 is 17.1 Å². The van der Waals surface area contributed by atoms with Gasteiger partial charge in [-0.05, 0) is 0 Å². The van der Waals surface area contributed by atoms with E-state index in [1.54, 1.807) is 0 Å². The van der Waals surface area contributed by atoms with Crippen molar-refractivity contribution in [3.8, 4) is 0 Å². The zero-order valence-corrected chi connectivity index (χ0v) is 3.93. The molecule has 0 aliphatic heterocycles. The first kappa shape index (κ1) is 16.5. The topological polar surface area (TPSA) is 117 Å². The monoisotopic (exact) mass is 147 g/mol. The molecular weight excluding hydrogens is 148 g/mol. The van der Waals surface area contributed by atoms with Crippen LogP contribution in [0.5, 0.6) is 0 Å².